The first kappa shape index (κ1) is 18.6. The van der Waals surface area contributed by atoms with Gasteiger partial charge in [0.25, 0.3) is 0 Å². The van der Waals surface area contributed by atoms with Crippen molar-refractivity contribution in [3.05, 3.63) is 47.5 Å². The highest BCUT2D eigenvalue weighted by Crippen LogP contribution is 2.27. The Morgan fingerprint density at radius 1 is 1.00 bits per heavy atom. The van der Waals surface area contributed by atoms with Gasteiger partial charge in [0.05, 0.1) is 23.9 Å². The summed E-state index contributed by atoms with van der Waals surface area (Å²) in [7, 11) is 1.49. The van der Waals surface area contributed by atoms with Crippen LogP contribution in [-0.4, -0.2) is 25.0 Å². The first-order valence-electron chi connectivity index (χ1n) is 7.62. The molecule has 2 N–H and O–H groups in total. The minimum absolute atomic E-state index is 0.0617. The van der Waals surface area contributed by atoms with Crippen LogP contribution in [0.1, 0.15) is 13.8 Å². The molecule has 2 rings (SSSR count). The number of rotatable bonds is 5. The minimum Gasteiger partial charge on any atom is -0.495 e. The third-order valence-electron chi connectivity index (χ3n) is 3.11. The first-order valence-corrected chi connectivity index (χ1v) is 8.00. The number of para-hydroxylation sites is 2. The van der Waals surface area contributed by atoms with Gasteiger partial charge in [-0.1, -0.05) is 23.7 Å². The van der Waals surface area contributed by atoms with E-state index in [2.05, 4.69) is 10.6 Å². The molecule has 0 heterocycles. The number of carbonyl (C=O) groups is 2. The van der Waals surface area contributed by atoms with E-state index >= 15 is 0 Å². The maximum atomic E-state index is 12.1. The van der Waals surface area contributed by atoms with E-state index in [1.54, 1.807) is 36.4 Å². The van der Waals surface area contributed by atoms with E-state index in [0.717, 1.165) is 0 Å². The summed E-state index contributed by atoms with van der Waals surface area (Å²) >= 11 is 6.00. The molecule has 0 aromatic heterocycles. The smallest absolute Gasteiger partial charge is 0.314 e. The zero-order chi connectivity index (χ0) is 18.4. The molecule has 0 aliphatic carbocycles. The molecule has 0 bridgehead atoms. The average Bonchev–Trinajstić information content (AvgIpc) is 2.56. The number of hydrogen-bond acceptors (Lipinski definition) is 4. The Bertz CT molecular complexity index is 777. The Hall–Kier alpha value is -2.73. The zero-order valence-electron chi connectivity index (χ0n) is 14.1. The second-order valence-corrected chi connectivity index (χ2v) is 5.83. The molecule has 0 aliphatic rings. The second-order valence-electron chi connectivity index (χ2n) is 5.42. The lowest BCUT2D eigenvalue weighted by molar-refractivity contribution is -0.133. The van der Waals surface area contributed by atoms with Gasteiger partial charge in [0, 0.05) is 5.69 Å². The van der Waals surface area contributed by atoms with E-state index in [4.69, 9.17) is 21.1 Å². The minimum atomic E-state index is -0.819. The van der Waals surface area contributed by atoms with Gasteiger partial charge in [-0.3, -0.25) is 9.59 Å². The van der Waals surface area contributed by atoms with Crippen molar-refractivity contribution in [2.24, 2.45) is 0 Å². The van der Waals surface area contributed by atoms with Crippen molar-refractivity contribution in [3.8, 4) is 11.5 Å². The summed E-state index contributed by atoms with van der Waals surface area (Å²) in [6.45, 7) is 3.75. The van der Waals surface area contributed by atoms with Crippen molar-refractivity contribution in [2.75, 3.05) is 17.7 Å². The van der Waals surface area contributed by atoms with Crippen molar-refractivity contribution in [1.82, 2.24) is 0 Å². The van der Waals surface area contributed by atoms with Crippen LogP contribution in [0.2, 0.25) is 5.02 Å². The van der Waals surface area contributed by atoms with Gasteiger partial charge in [-0.05, 0) is 44.2 Å². The third kappa shape index (κ3) is 5.12. The predicted octanol–water partition coefficient (Wildman–Crippen LogP) is 3.71. The Balaban J connectivity index is 2.06. The lowest BCUT2D eigenvalue weighted by Crippen LogP contribution is -2.29. The van der Waals surface area contributed by atoms with Crippen LogP contribution >= 0.6 is 11.6 Å². The van der Waals surface area contributed by atoms with Crippen LogP contribution in [0.25, 0.3) is 0 Å². The standard InChI is InChI=1S/C18H19ClN2O4/c1-11(2)25-16-7-5-4-6-14(16)21-18(23)17(22)20-12-8-9-15(24-3)13(19)10-12/h4-11H,1-3H3,(H,20,22)(H,21,23). The highest BCUT2D eigenvalue weighted by Gasteiger charge is 2.17. The van der Waals surface area contributed by atoms with Gasteiger partial charge in [-0.2, -0.15) is 0 Å². The summed E-state index contributed by atoms with van der Waals surface area (Å²) in [5, 5.41) is 5.35. The number of methoxy groups -OCH3 is 1. The molecule has 0 radical (unpaired) electrons. The molecule has 2 aromatic carbocycles. The SMILES string of the molecule is COc1ccc(NC(=O)C(=O)Nc2ccccc2OC(C)C)cc1Cl. The number of carbonyl (C=O) groups excluding carboxylic acids is 2. The summed E-state index contributed by atoms with van der Waals surface area (Å²) < 4.78 is 10.6. The molecule has 0 saturated heterocycles. The topological polar surface area (TPSA) is 76.7 Å². The van der Waals surface area contributed by atoms with E-state index in [0.29, 0.717) is 27.9 Å². The highest BCUT2D eigenvalue weighted by molar-refractivity contribution is 6.44. The molecular weight excluding hydrogens is 344 g/mol. The molecule has 0 aliphatic heterocycles. The van der Waals surface area contributed by atoms with Crippen molar-refractivity contribution in [3.63, 3.8) is 0 Å². The molecule has 132 valence electrons. The van der Waals surface area contributed by atoms with Crippen LogP contribution in [-0.2, 0) is 9.59 Å². The Kier molecular flexibility index (Phi) is 6.25. The number of amides is 2. The van der Waals surface area contributed by atoms with Crippen LogP contribution in [0.15, 0.2) is 42.5 Å². The molecule has 7 heteroatoms. The van der Waals surface area contributed by atoms with Crippen molar-refractivity contribution >= 4 is 34.8 Å². The lowest BCUT2D eigenvalue weighted by atomic mass is 10.2. The van der Waals surface area contributed by atoms with Gasteiger partial charge in [0.1, 0.15) is 11.5 Å². The van der Waals surface area contributed by atoms with Gasteiger partial charge in [0.15, 0.2) is 0 Å². The van der Waals surface area contributed by atoms with Gasteiger partial charge in [0.2, 0.25) is 0 Å². The fourth-order valence-corrected chi connectivity index (χ4v) is 2.30. The first-order chi connectivity index (χ1) is 11.9. The average molecular weight is 363 g/mol. The molecule has 2 aromatic rings. The van der Waals surface area contributed by atoms with Gasteiger partial charge < -0.3 is 20.1 Å². The number of ether oxygens (including phenoxy) is 2. The fraction of sp³-hybridized carbons (Fsp3) is 0.222. The molecule has 2 amide bonds. The van der Waals surface area contributed by atoms with Crippen molar-refractivity contribution in [2.45, 2.75) is 20.0 Å². The van der Waals surface area contributed by atoms with E-state index in [1.165, 1.54) is 13.2 Å². The molecule has 25 heavy (non-hydrogen) atoms. The normalized spacial score (nSPS) is 10.3. The van der Waals surface area contributed by atoms with Gasteiger partial charge in [-0.15, -0.1) is 0 Å². The van der Waals surface area contributed by atoms with E-state index in [9.17, 15) is 9.59 Å². The van der Waals surface area contributed by atoms with Gasteiger partial charge >= 0.3 is 11.8 Å². The molecule has 0 saturated carbocycles. The van der Waals surface area contributed by atoms with E-state index in [-0.39, 0.29) is 6.10 Å². The van der Waals surface area contributed by atoms with E-state index < -0.39 is 11.8 Å². The summed E-state index contributed by atoms with van der Waals surface area (Å²) in [6.07, 6.45) is -0.0617. The maximum absolute atomic E-state index is 12.1. The quantitative estimate of drug-likeness (QED) is 0.795. The summed E-state index contributed by atoms with van der Waals surface area (Å²) in [5.41, 5.74) is 0.807. The zero-order valence-corrected chi connectivity index (χ0v) is 14.9. The van der Waals surface area contributed by atoms with Crippen LogP contribution in [0.4, 0.5) is 11.4 Å². The summed E-state index contributed by atoms with van der Waals surface area (Å²) in [6, 6.07) is 11.6. The Morgan fingerprint density at radius 3 is 2.32 bits per heavy atom. The summed E-state index contributed by atoms with van der Waals surface area (Å²) in [5.74, 6) is -0.664. The molecule has 6 nitrogen and oxygen atoms in total. The number of benzene rings is 2. The molecule has 0 fully saturated rings. The highest BCUT2D eigenvalue weighted by atomic mass is 35.5. The second kappa shape index (κ2) is 8.39. The number of nitrogens with one attached hydrogen (secondary N) is 2. The molecular formula is C18H19ClN2O4. The van der Waals surface area contributed by atoms with Crippen LogP contribution in [0, 0.1) is 0 Å². The maximum Gasteiger partial charge on any atom is 0.314 e. The van der Waals surface area contributed by atoms with Crippen LogP contribution < -0.4 is 20.1 Å². The Labute approximate surface area is 151 Å². The largest absolute Gasteiger partial charge is 0.495 e. The van der Waals surface area contributed by atoms with Crippen molar-refractivity contribution < 1.29 is 19.1 Å². The van der Waals surface area contributed by atoms with Crippen molar-refractivity contribution in [1.29, 1.82) is 0 Å². The third-order valence-corrected chi connectivity index (χ3v) is 3.41. The predicted molar refractivity (Wildman–Crippen MR) is 97.5 cm³/mol. The molecule has 0 atom stereocenters. The van der Waals surface area contributed by atoms with Crippen LogP contribution in [0.3, 0.4) is 0 Å². The molecule has 0 spiro atoms. The number of hydrogen-bond donors (Lipinski definition) is 2. The number of anilines is 2. The summed E-state index contributed by atoms with van der Waals surface area (Å²) in [4.78, 5) is 24.2. The monoisotopic (exact) mass is 362 g/mol. The molecule has 0 unspecified atom stereocenters. The fourth-order valence-electron chi connectivity index (χ4n) is 2.04. The van der Waals surface area contributed by atoms with Crippen LogP contribution in [0.5, 0.6) is 11.5 Å². The lowest BCUT2D eigenvalue weighted by Gasteiger charge is -2.14. The Morgan fingerprint density at radius 2 is 1.68 bits per heavy atom. The van der Waals surface area contributed by atoms with E-state index in [1.807, 2.05) is 13.8 Å². The number of halogens is 1. The van der Waals surface area contributed by atoms with Gasteiger partial charge in [-0.25, -0.2) is 0 Å².